The van der Waals surface area contributed by atoms with E-state index in [-0.39, 0.29) is 17.5 Å². The average molecular weight is 312 g/mol. The minimum Gasteiger partial charge on any atom is -0.488 e. The molecule has 2 aliphatic rings. The van der Waals surface area contributed by atoms with Crippen molar-refractivity contribution in [3.63, 3.8) is 0 Å². The molecule has 1 aliphatic carbocycles. The van der Waals surface area contributed by atoms with Crippen LogP contribution in [0.1, 0.15) is 38.2 Å². The molecule has 0 amide bonds. The Morgan fingerprint density at radius 3 is 3.10 bits per heavy atom. The highest BCUT2D eigenvalue weighted by Gasteiger charge is 2.35. The van der Waals surface area contributed by atoms with E-state index in [0.717, 1.165) is 43.0 Å². The van der Waals surface area contributed by atoms with Crippen molar-refractivity contribution in [3.8, 4) is 5.75 Å². The van der Waals surface area contributed by atoms with Crippen LogP contribution in [-0.2, 0) is 6.42 Å². The first-order chi connectivity index (χ1) is 10.1. The average Bonchev–Trinajstić information content (AvgIpc) is 2.87. The fourth-order valence-corrected chi connectivity index (χ4v) is 4.06. The molecule has 1 heterocycles. The van der Waals surface area contributed by atoms with Crippen molar-refractivity contribution >= 4 is 11.6 Å². The van der Waals surface area contributed by atoms with Gasteiger partial charge in [0.2, 0.25) is 0 Å². The molecule has 0 saturated heterocycles. The van der Waals surface area contributed by atoms with Crippen molar-refractivity contribution in [2.75, 3.05) is 12.4 Å². The third-order valence-corrected chi connectivity index (χ3v) is 5.33. The molecule has 0 bridgehead atoms. The van der Waals surface area contributed by atoms with Gasteiger partial charge in [-0.3, -0.25) is 0 Å². The zero-order valence-corrected chi connectivity index (χ0v) is 13.3. The van der Waals surface area contributed by atoms with Gasteiger partial charge < -0.3 is 10.1 Å². The fraction of sp³-hybridized carbons (Fsp3) is 0.647. The van der Waals surface area contributed by atoms with Crippen molar-refractivity contribution in [2.45, 2.75) is 50.7 Å². The first kappa shape index (κ1) is 15.1. The lowest BCUT2D eigenvalue weighted by atomic mass is 9.77. The van der Waals surface area contributed by atoms with E-state index in [1.165, 1.54) is 18.9 Å². The molecule has 1 fully saturated rings. The number of hydrogen-bond acceptors (Lipinski definition) is 2. The van der Waals surface area contributed by atoms with Crippen LogP contribution in [0.3, 0.4) is 0 Å². The lowest BCUT2D eigenvalue weighted by molar-refractivity contribution is 0.166. The highest BCUT2D eigenvalue weighted by atomic mass is 35.5. The van der Waals surface area contributed by atoms with E-state index < -0.39 is 0 Å². The van der Waals surface area contributed by atoms with Crippen molar-refractivity contribution < 1.29 is 9.13 Å². The standard InChI is InChI=1S/C17H23ClFNO/c1-12-3-2-6-17(9-12,11-18)20-10-15-8-13-7-14(19)4-5-16(13)21-15/h4-5,7,12,15,20H,2-3,6,8-11H2,1H3. The summed E-state index contributed by atoms with van der Waals surface area (Å²) in [5, 5.41) is 3.66. The molecule has 1 aromatic rings. The second-order valence-electron chi connectivity index (χ2n) is 6.69. The molecule has 1 N–H and O–H groups in total. The molecule has 21 heavy (non-hydrogen) atoms. The Hall–Kier alpha value is -0.800. The highest BCUT2D eigenvalue weighted by molar-refractivity contribution is 6.18. The maximum absolute atomic E-state index is 13.2. The minimum absolute atomic E-state index is 0.0443. The van der Waals surface area contributed by atoms with Crippen molar-refractivity contribution in [3.05, 3.63) is 29.6 Å². The van der Waals surface area contributed by atoms with Gasteiger partial charge in [0.15, 0.2) is 0 Å². The summed E-state index contributed by atoms with van der Waals surface area (Å²) in [6, 6.07) is 4.76. The number of halogens is 2. The molecular formula is C17H23ClFNO. The molecule has 0 radical (unpaired) electrons. The molecule has 1 saturated carbocycles. The molecule has 1 aromatic carbocycles. The van der Waals surface area contributed by atoms with Gasteiger partial charge in [-0.05, 0) is 37.0 Å². The van der Waals surface area contributed by atoms with Crippen LogP contribution >= 0.6 is 11.6 Å². The van der Waals surface area contributed by atoms with E-state index in [1.54, 1.807) is 12.1 Å². The predicted molar refractivity (Wildman–Crippen MR) is 83.6 cm³/mol. The summed E-state index contributed by atoms with van der Waals surface area (Å²) in [7, 11) is 0. The summed E-state index contributed by atoms with van der Waals surface area (Å²) in [5.41, 5.74) is 1.02. The molecule has 3 atom stereocenters. The third-order valence-electron chi connectivity index (χ3n) is 4.82. The van der Waals surface area contributed by atoms with E-state index in [4.69, 9.17) is 16.3 Å². The molecule has 4 heteroatoms. The Balaban J connectivity index is 1.58. The number of benzene rings is 1. The van der Waals surface area contributed by atoms with Crippen LogP contribution in [0.25, 0.3) is 0 Å². The highest BCUT2D eigenvalue weighted by Crippen LogP contribution is 2.34. The van der Waals surface area contributed by atoms with Crippen LogP contribution < -0.4 is 10.1 Å². The second kappa shape index (κ2) is 6.13. The summed E-state index contributed by atoms with van der Waals surface area (Å²) in [6.07, 6.45) is 5.65. The summed E-state index contributed by atoms with van der Waals surface area (Å²) in [4.78, 5) is 0. The normalized spacial score (nSPS) is 31.8. The maximum Gasteiger partial charge on any atom is 0.123 e. The predicted octanol–water partition coefficient (Wildman–Crippen LogP) is 3.91. The van der Waals surface area contributed by atoms with Gasteiger partial charge in [-0.2, -0.15) is 0 Å². The van der Waals surface area contributed by atoms with Crippen molar-refractivity contribution in [1.29, 1.82) is 0 Å². The van der Waals surface area contributed by atoms with Crippen LogP contribution in [0, 0.1) is 11.7 Å². The van der Waals surface area contributed by atoms with Gasteiger partial charge in [-0.15, -0.1) is 11.6 Å². The number of alkyl halides is 1. The van der Waals surface area contributed by atoms with Gasteiger partial charge in [0.05, 0.1) is 0 Å². The Kier molecular flexibility index (Phi) is 4.41. The van der Waals surface area contributed by atoms with E-state index in [1.807, 2.05) is 0 Å². The van der Waals surface area contributed by atoms with E-state index in [2.05, 4.69) is 12.2 Å². The molecule has 0 spiro atoms. The van der Waals surface area contributed by atoms with Crippen LogP contribution in [0.2, 0.25) is 0 Å². The van der Waals surface area contributed by atoms with E-state index >= 15 is 0 Å². The van der Waals surface area contributed by atoms with Crippen LogP contribution in [0.15, 0.2) is 18.2 Å². The minimum atomic E-state index is -0.190. The summed E-state index contributed by atoms with van der Waals surface area (Å²) >= 11 is 6.24. The van der Waals surface area contributed by atoms with Crippen LogP contribution in [-0.4, -0.2) is 24.1 Å². The molecule has 116 valence electrons. The zero-order chi connectivity index (χ0) is 14.9. The van der Waals surface area contributed by atoms with E-state index in [0.29, 0.717) is 5.88 Å². The number of nitrogens with one attached hydrogen (secondary N) is 1. The molecule has 0 aromatic heterocycles. The second-order valence-corrected chi connectivity index (χ2v) is 6.96. The number of rotatable bonds is 4. The first-order valence-electron chi connectivity index (χ1n) is 7.86. The van der Waals surface area contributed by atoms with Gasteiger partial charge >= 0.3 is 0 Å². The van der Waals surface area contributed by atoms with E-state index in [9.17, 15) is 4.39 Å². The molecule has 3 unspecified atom stereocenters. The Morgan fingerprint density at radius 1 is 1.48 bits per heavy atom. The molecular weight excluding hydrogens is 289 g/mol. The Morgan fingerprint density at radius 2 is 2.33 bits per heavy atom. The first-order valence-corrected chi connectivity index (χ1v) is 8.40. The van der Waals surface area contributed by atoms with Crippen LogP contribution in [0.5, 0.6) is 5.75 Å². The quantitative estimate of drug-likeness (QED) is 0.851. The SMILES string of the molecule is CC1CCCC(CCl)(NCC2Cc3cc(F)ccc3O2)C1. The Labute approximate surface area is 131 Å². The van der Waals surface area contributed by atoms with Gasteiger partial charge in [0, 0.05) is 29.9 Å². The maximum atomic E-state index is 13.2. The lowest BCUT2D eigenvalue weighted by Gasteiger charge is -2.40. The fourth-order valence-electron chi connectivity index (χ4n) is 3.72. The number of ether oxygens (including phenoxy) is 1. The van der Waals surface area contributed by atoms with Gasteiger partial charge in [-0.1, -0.05) is 19.8 Å². The van der Waals surface area contributed by atoms with Gasteiger partial charge in [0.1, 0.15) is 17.7 Å². The van der Waals surface area contributed by atoms with Gasteiger partial charge in [0.25, 0.3) is 0 Å². The number of fused-ring (bicyclic) bond motifs is 1. The monoisotopic (exact) mass is 311 g/mol. The molecule has 2 nitrogen and oxygen atoms in total. The topological polar surface area (TPSA) is 21.3 Å². The van der Waals surface area contributed by atoms with Gasteiger partial charge in [-0.25, -0.2) is 4.39 Å². The zero-order valence-electron chi connectivity index (χ0n) is 12.5. The summed E-state index contributed by atoms with van der Waals surface area (Å²) in [6.45, 7) is 3.07. The molecule has 1 aliphatic heterocycles. The Bertz CT molecular complexity index is 510. The number of hydrogen-bond donors (Lipinski definition) is 1. The lowest BCUT2D eigenvalue weighted by Crippen LogP contribution is -2.52. The van der Waals surface area contributed by atoms with Crippen molar-refractivity contribution in [2.24, 2.45) is 5.92 Å². The molecule has 3 rings (SSSR count). The third kappa shape index (κ3) is 3.35. The largest absolute Gasteiger partial charge is 0.488 e. The summed E-state index contributed by atoms with van der Waals surface area (Å²) in [5.74, 6) is 2.00. The summed E-state index contributed by atoms with van der Waals surface area (Å²) < 4.78 is 19.1. The van der Waals surface area contributed by atoms with Crippen molar-refractivity contribution in [1.82, 2.24) is 5.32 Å². The van der Waals surface area contributed by atoms with Crippen LogP contribution in [0.4, 0.5) is 4.39 Å². The smallest absolute Gasteiger partial charge is 0.123 e.